The van der Waals surface area contributed by atoms with Gasteiger partial charge in [0.15, 0.2) is 18.1 Å². The van der Waals surface area contributed by atoms with E-state index in [-0.39, 0.29) is 18.6 Å². The van der Waals surface area contributed by atoms with Gasteiger partial charge in [-0.2, -0.15) is 5.10 Å². The highest BCUT2D eigenvalue weighted by Gasteiger charge is 2.18. The molecule has 1 amide bonds. The molecule has 1 atom stereocenters. The molecule has 0 saturated carbocycles. The largest absolute Gasteiger partial charge is 0.490 e. The molecule has 6 nitrogen and oxygen atoms in total. The van der Waals surface area contributed by atoms with Crippen LogP contribution in [0.5, 0.6) is 17.2 Å². The third kappa shape index (κ3) is 7.76. The van der Waals surface area contributed by atoms with Crippen LogP contribution < -0.4 is 19.6 Å². The normalized spacial score (nSPS) is 14.9. The number of nitrogens with one attached hydrogen (secondary N) is 1. The third-order valence-electron chi connectivity index (χ3n) is 4.77. The van der Waals surface area contributed by atoms with Crippen LogP contribution >= 0.6 is 35.1 Å². The van der Waals surface area contributed by atoms with Crippen LogP contribution in [0.4, 0.5) is 0 Å². The standard InChI is InChI=1S/C24H29ClN2O4S2/c1-4-16(3)31-23-20(25)12-17(13-21(23)29-5-2)14-26-27-22(28)15-30-19-8-6-18(7-9-19)24-32-10-11-33-24/h6-9,12-14,16,24H,4-5,10-11,15H2,1-3H3,(H,27,28)/b26-14-/t16-/m0/s1. The second-order valence-electron chi connectivity index (χ2n) is 7.32. The van der Waals surface area contributed by atoms with E-state index < -0.39 is 0 Å². The summed E-state index contributed by atoms with van der Waals surface area (Å²) in [6.07, 6.45) is 2.37. The van der Waals surface area contributed by atoms with Crippen LogP contribution in [0.2, 0.25) is 5.02 Å². The van der Waals surface area contributed by atoms with E-state index in [0.29, 0.717) is 39.0 Å². The topological polar surface area (TPSA) is 69.2 Å². The van der Waals surface area contributed by atoms with Crippen LogP contribution in [0.25, 0.3) is 0 Å². The number of thioether (sulfide) groups is 2. The number of carbonyl (C=O) groups excluding carboxylic acids is 1. The van der Waals surface area contributed by atoms with Crippen molar-refractivity contribution in [3.05, 3.63) is 52.5 Å². The van der Waals surface area contributed by atoms with Crippen molar-refractivity contribution in [2.75, 3.05) is 24.7 Å². The molecule has 0 aliphatic carbocycles. The van der Waals surface area contributed by atoms with Gasteiger partial charge in [0, 0.05) is 11.5 Å². The molecule has 1 N–H and O–H groups in total. The lowest BCUT2D eigenvalue weighted by atomic mass is 10.2. The first-order chi connectivity index (χ1) is 16.0. The number of hydrogen-bond acceptors (Lipinski definition) is 7. The molecule has 2 aromatic rings. The minimum atomic E-state index is -0.356. The van der Waals surface area contributed by atoms with Crippen molar-refractivity contribution in [2.24, 2.45) is 5.10 Å². The van der Waals surface area contributed by atoms with E-state index in [1.54, 1.807) is 12.1 Å². The molecule has 1 saturated heterocycles. The maximum absolute atomic E-state index is 12.1. The number of hydrazone groups is 1. The van der Waals surface area contributed by atoms with E-state index in [1.165, 1.54) is 23.3 Å². The van der Waals surface area contributed by atoms with Gasteiger partial charge in [0.2, 0.25) is 0 Å². The Hall–Kier alpha value is -2.03. The highest BCUT2D eigenvalue weighted by molar-refractivity contribution is 8.19. The summed E-state index contributed by atoms with van der Waals surface area (Å²) in [6.45, 7) is 6.25. The summed E-state index contributed by atoms with van der Waals surface area (Å²) in [7, 11) is 0. The fraction of sp³-hybridized carbons (Fsp3) is 0.417. The minimum Gasteiger partial charge on any atom is -0.490 e. The molecule has 1 aliphatic heterocycles. The van der Waals surface area contributed by atoms with Gasteiger partial charge in [0.1, 0.15) is 5.75 Å². The monoisotopic (exact) mass is 508 g/mol. The summed E-state index contributed by atoms with van der Waals surface area (Å²) in [6, 6.07) is 11.4. The summed E-state index contributed by atoms with van der Waals surface area (Å²) in [5.74, 6) is 3.71. The van der Waals surface area contributed by atoms with E-state index in [1.807, 2.05) is 56.4 Å². The van der Waals surface area contributed by atoms with Crippen molar-refractivity contribution in [3.8, 4) is 17.2 Å². The molecule has 1 fully saturated rings. The highest BCUT2D eigenvalue weighted by Crippen LogP contribution is 2.45. The first-order valence-corrected chi connectivity index (χ1v) is 13.4. The molecular formula is C24H29ClN2O4S2. The second kappa shape index (κ2) is 13.0. The van der Waals surface area contributed by atoms with E-state index in [4.69, 9.17) is 25.8 Å². The lowest BCUT2D eigenvalue weighted by molar-refractivity contribution is -0.123. The van der Waals surface area contributed by atoms with E-state index >= 15 is 0 Å². The van der Waals surface area contributed by atoms with Gasteiger partial charge in [-0.3, -0.25) is 4.79 Å². The van der Waals surface area contributed by atoms with Crippen LogP contribution in [-0.4, -0.2) is 42.9 Å². The van der Waals surface area contributed by atoms with Gasteiger partial charge in [0.25, 0.3) is 5.91 Å². The Bertz CT molecular complexity index is 950. The molecule has 0 spiro atoms. The minimum absolute atomic E-state index is 0.0113. The molecule has 0 bridgehead atoms. The van der Waals surface area contributed by atoms with Gasteiger partial charge < -0.3 is 14.2 Å². The van der Waals surface area contributed by atoms with Gasteiger partial charge in [-0.1, -0.05) is 30.7 Å². The average Bonchev–Trinajstić information content (AvgIpc) is 3.35. The van der Waals surface area contributed by atoms with Crippen LogP contribution in [0, 0.1) is 0 Å². The predicted molar refractivity (Wildman–Crippen MR) is 138 cm³/mol. The zero-order valence-corrected chi connectivity index (χ0v) is 21.4. The number of benzene rings is 2. The number of ether oxygens (including phenoxy) is 3. The number of nitrogens with zero attached hydrogens (tertiary/aromatic N) is 1. The Balaban J connectivity index is 1.52. The molecule has 1 heterocycles. The van der Waals surface area contributed by atoms with Crippen molar-refractivity contribution >= 4 is 47.2 Å². The molecule has 0 unspecified atom stereocenters. The van der Waals surface area contributed by atoms with Crippen LogP contribution in [0.15, 0.2) is 41.5 Å². The van der Waals surface area contributed by atoms with Gasteiger partial charge >= 0.3 is 0 Å². The highest BCUT2D eigenvalue weighted by atomic mass is 35.5. The van der Waals surface area contributed by atoms with Crippen molar-refractivity contribution in [2.45, 2.75) is 37.9 Å². The smallest absolute Gasteiger partial charge is 0.277 e. The first-order valence-electron chi connectivity index (χ1n) is 10.9. The molecule has 0 aromatic heterocycles. The van der Waals surface area contributed by atoms with Gasteiger partial charge in [0.05, 0.1) is 28.5 Å². The number of carbonyl (C=O) groups is 1. The maximum atomic E-state index is 12.1. The van der Waals surface area contributed by atoms with E-state index in [9.17, 15) is 4.79 Å². The molecule has 178 valence electrons. The van der Waals surface area contributed by atoms with Crippen LogP contribution in [0.1, 0.15) is 42.9 Å². The second-order valence-corrected chi connectivity index (χ2v) is 10.5. The summed E-state index contributed by atoms with van der Waals surface area (Å²) < 4.78 is 17.6. The van der Waals surface area contributed by atoms with Crippen molar-refractivity contribution < 1.29 is 19.0 Å². The Kier molecular flexibility index (Phi) is 10.1. The Morgan fingerprint density at radius 3 is 2.61 bits per heavy atom. The summed E-state index contributed by atoms with van der Waals surface area (Å²) in [5.41, 5.74) is 4.42. The Morgan fingerprint density at radius 2 is 1.94 bits per heavy atom. The Labute approximate surface area is 208 Å². The predicted octanol–water partition coefficient (Wildman–Crippen LogP) is 5.92. The average molecular weight is 509 g/mol. The number of amides is 1. The zero-order chi connectivity index (χ0) is 23.6. The molecular weight excluding hydrogens is 480 g/mol. The van der Waals surface area contributed by atoms with Crippen molar-refractivity contribution in [3.63, 3.8) is 0 Å². The molecule has 9 heteroatoms. The van der Waals surface area contributed by atoms with Crippen LogP contribution in [0.3, 0.4) is 0 Å². The summed E-state index contributed by atoms with van der Waals surface area (Å²) in [4.78, 5) is 12.1. The Morgan fingerprint density at radius 1 is 1.21 bits per heavy atom. The van der Waals surface area contributed by atoms with Gasteiger partial charge in [-0.25, -0.2) is 5.43 Å². The molecule has 33 heavy (non-hydrogen) atoms. The number of halogens is 1. The van der Waals surface area contributed by atoms with Crippen LogP contribution in [-0.2, 0) is 4.79 Å². The lowest BCUT2D eigenvalue weighted by Gasteiger charge is -2.18. The molecule has 0 radical (unpaired) electrons. The number of hydrogen-bond donors (Lipinski definition) is 1. The maximum Gasteiger partial charge on any atom is 0.277 e. The lowest BCUT2D eigenvalue weighted by Crippen LogP contribution is -2.24. The first kappa shape index (κ1) is 25.6. The molecule has 2 aromatic carbocycles. The van der Waals surface area contributed by atoms with Gasteiger partial charge in [-0.15, -0.1) is 23.5 Å². The fourth-order valence-corrected chi connectivity index (χ4v) is 6.08. The van der Waals surface area contributed by atoms with Crippen molar-refractivity contribution in [1.29, 1.82) is 0 Å². The van der Waals surface area contributed by atoms with Crippen molar-refractivity contribution in [1.82, 2.24) is 5.43 Å². The van der Waals surface area contributed by atoms with Gasteiger partial charge in [-0.05, 0) is 55.7 Å². The SMILES string of the molecule is CCOc1cc(/C=N\NC(=O)COc2ccc(C3SCCS3)cc2)cc(Cl)c1O[C@@H](C)CC. The zero-order valence-electron chi connectivity index (χ0n) is 19.0. The number of rotatable bonds is 11. The summed E-state index contributed by atoms with van der Waals surface area (Å²) in [5, 5.41) is 4.43. The fourth-order valence-electron chi connectivity index (χ4n) is 2.96. The quantitative estimate of drug-likeness (QED) is 0.300. The molecule has 3 rings (SSSR count). The molecule has 1 aliphatic rings. The van der Waals surface area contributed by atoms with E-state index in [0.717, 1.165) is 6.42 Å². The summed E-state index contributed by atoms with van der Waals surface area (Å²) >= 11 is 10.3. The third-order valence-corrected chi connectivity index (χ3v) is 8.16. The van der Waals surface area contributed by atoms with E-state index in [2.05, 4.69) is 22.7 Å².